The first kappa shape index (κ1) is 14.1. The lowest BCUT2D eigenvalue weighted by molar-refractivity contribution is 0.0967. The van der Waals surface area contributed by atoms with E-state index in [-0.39, 0.29) is 5.78 Å². The van der Waals surface area contributed by atoms with Crippen LogP contribution in [0.5, 0.6) is 0 Å². The van der Waals surface area contributed by atoms with Gasteiger partial charge in [-0.3, -0.25) is 4.79 Å². The second-order valence-corrected chi connectivity index (χ2v) is 7.18. The van der Waals surface area contributed by atoms with Crippen molar-refractivity contribution in [1.29, 1.82) is 0 Å². The molecule has 0 radical (unpaired) electrons. The molecule has 1 rings (SSSR count). The average Bonchev–Trinajstić information content (AvgIpc) is 2.12. The SMILES string of the molecule is CC(C)CC(=O)c1cc(I)c(I)c(I)c1. The molecule has 0 fully saturated rings. The summed E-state index contributed by atoms with van der Waals surface area (Å²) in [5.41, 5.74) is 0.845. The van der Waals surface area contributed by atoms with Crippen LogP contribution in [0.25, 0.3) is 0 Å². The minimum Gasteiger partial charge on any atom is -0.294 e. The Morgan fingerprint density at radius 3 is 2.07 bits per heavy atom. The van der Waals surface area contributed by atoms with Gasteiger partial charge in [0.05, 0.1) is 0 Å². The number of Topliss-reactive ketones (excluding diaryl/α,β-unsaturated/α-hetero) is 1. The molecule has 0 saturated heterocycles. The molecule has 0 saturated carbocycles. The maximum absolute atomic E-state index is 11.9. The van der Waals surface area contributed by atoms with E-state index in [1.807, 2.05) is 12.1 Å². The van der Waals surface area contributed by atoms with Crippen LogP contribution in [-0.2, 0) is 0 Å². The third kappa shape index (κ3) is 4.10. The van der Waals surface area contributed by atoms with Crippen molar-refractivity contribution in [3.8, 4) is 0 Å². The number of ketones is 1. The van der Waals surface area contributed by atoms with E-state index in [0.29, 0.717) is 12.3 Å². The van der Waals surface area contributed by atoms with E-state index >= 15 is 0 Å². The Balaban J connectivity index is 3.01. The summed E-state index contributed by atoms with van der Waals surface area (Å²) in [7, 11) is 0. The zero-order chi connectivity index (χ0) is 11.6. The Labute approximate surface area is 131 Å². The van der Waals surface area contributed by atoms with Gasteiger partial charge >= 0.3 is 0 Å². The molecule has 0 aliphatic carbocycles. The first-order chi connectivity index (χ1) is 6.91. The quantitative estimate of drug-likeness (QED) is 0.308. The van der Waals surface area contributed by atoms with Crippen molar-refractivity contribution in [2.75, 3.05) is 0 Å². The molecule has 0 aliphatic heterocycles. The van der Waals surface area contributed by atoms with Crippen LogP contribution in [0.15, 0.2) is 12.1 Å². The van der Waals surface area contributed by atoms with Crippen molar-refractivity contribution in [2.45, 2.75) is 20.3 Å². The highest BCUT2D eigenvalue weighted by Gasteiger charge is 2.12. The van der Waals surface area contributed by atoms with Crippen LogP contribution in [0.4, 0.5) is 0 Å². The topological polar surface area (TPSA) is 17.1 Å². The number of rotatable bonds is 3. The molecule has 15 heavy (non-hydrogen) atoms. The van der Waals surface area contributed by atoms with Crippen molar-refractivity contribution in [3.63, 3.8) is 0 Å². The molecular weight excluding hydrogens is 529 g/mol. The maximum Gasteiger partial charge on any atom is 0.163 e. The summed E-state index contributed by atoms with van der Waals surface area (Å²) in [5.74, 6) is 0.671. The van der Waals surface area contributed by atoms with E-state index in [4.69, 9.17) is 0 Å². The molecule has 1 aromatic carbocycles. The van der Waals surface area contributed by atoms with Crippen LogP contribution < -0.4 is 0 Å². The molecule has 0 aromatic heterocycles. The molecule has 4 heteroatoms. The van der Waals surface area contributed by atoms with Gasteiger partial charge in [-0.1, -0.05) is 13.8 Å². The molecule has 0 spiro atoms. The Bertz CT molecular complexity index is 362. The first-order valence-corrected chi connectivity index (χ1v) is 7.83. The molecule has 82 valence electrons. The predicted molar refractivity (Wildman–Crippen MR) is 88.4 cm³/mol. The highest BCUT2D eigenvalue weighted by molar-refractivity contribution is 14.1. The van der Waals surface area contributed by atoms with Crippen LogP contribution in [0.3, 0.4) is 0 Å². The van der Waals surface area contributed by atoms with Gasteiger partial charge in [-0.2, -0.15) is 0 Å². The van der Waals surface area contributed by atoms with Crippen LogP contribution in [0, 0.1) is 16.6 Å². The highest BCUT2D eigenvalue weighted by atomic mass is 127. The molecule has 0 aliphatic rings. The van der Waals surface area contributed by atoms with Gasteiger partial charge in [0, 0.05) is 22.7 Å². The summed E-state index contributed by atoms with van der Waals surface area (Å²) in [4.78, 5) is 11.9. The standard InChI is InChI=1S/C11H11I3O/c1-6(2)3-10(15)7-4-8(12)11(14)9(13)5-7/h4-6H,3H2,1-2H3. The van der Waals surface area contributed by atoms with Crippen LogP contribution >= 0.6 is 67.8 Å². The lowest BCUT2D eigenvalue weighted by atomic mass is 10.0. The Hall–Kier alpha value is 1.08. The van der Waals surface area contributed by atoms with Gasteiger partial charge in [-0.05, 0) is 85.8 Å². The van der Waals surface area contributed by atoms with Crippen molar-refractivity contribution >= 4 is 73.6 Å². The van der Waals surface area contributed by atoms with Crippen molar-refractivity contribution in [1.82, 2.24) is 0 Å². The number of hydrogen-bond donors (Lipinski definition) is 0. The molecular formula is C11H11I3O. The predicted octanol–water partition coefficient (Wildman–Crippen LogP) is 4.73. The molecule has 1 nitrogen and oxygen atoms in total. The third-order valence-corrected chi connectivity index (χ3v) is 6.83. The molecule has 0 atom stereocenters. The van der Waals surface area contributed by atoms with Crippen molar-refractivity contribution in [3.05, 3.63) is 28.4 Å². The van der Waals surface area contributed by atoms with E-state index in [1.165, 1.54) is 3.57 Å². The molecule has 0 N–H and O–H groups in total. The van der Waals surface area contributed by atoms with Gasteiger partial charge in [0.2, 0.25) is 0 Å². The lowest BCUT2D eigenvalue weighted by Gasteiger charge is -2.07. The fourth-order valence-electron chi connectivity index (χ4n) is 1.21. The first-order valence-electron chi connectivity index (χ1n) is 4.59. The van der Waals surface area contributed by atoms with Gasteiger partial charge in [0.15, 0.2) is 5.78 Å². The van der Waals surface area contributed by atoms with Gasteiger partial charge in [0.25, 0.3) is 0 Å². The third-order valence-electron chi connectivity index (χ3n) is 1.90. The van der Waals surface area contributed by atoms with E-state index in [1.54, 1.807) is 0 Å². The molecule has 0 bridgehead atoms. The van der Waals surface area contributed by atoms with Crippen LogP contribution in [0.2, 0.25) is 0 Å². The van der Waals surface area contributed by atoms with E-state index < -0.39 is 0 Å². The fourth-order valence-corrected chi connectivity index (χ4v) is 3.28. The summed E-state index contributed by atoms with van der Waals surface area (Å²) >= 11 is 6.86. The highest BCUT2D eigenvalue weighted by Crippen LogP contribution is 2.24. The number of hydrogen-bond acceptors (Lipinski definition) is 1. The minimum atomic E-state index is 0.247. The zero-order valence-corrected chi connectivity index (χ0v) is 15.0. The monoisotopic (exact) mass is 540 g/mol. The fraction of sp³-hybridized carbons (Fsp3) is 0.364. The van der Waals surface area contributed by atoms with E-state index in [0.717, 1.165) is 12.7 Å². The molecule has 0 heterocycles. The smallest absolute Gasteiger partial charge is 0.163 e. The summed E-state index contributed by atoms with van der Waals surface area (Å²) < 4.78 is 3.55. The van der Waals surface area contributed by atoms with E-state index in [2.05, 4.69) is 81.6 Å². The largest absolute Gasteiger partial charge is 0.294 e. The summed E-state index contributed by atoms with van der Waals surface area (Å²) in [6.07, 6.45) is 0.632. The molecule has 0 amide bonds. The minimum absolute atomic E-state index is 0.247. The Kier molecular flexibility index (Phi) is 5.78. The summed E-state index contributed by atoms with van der Waals surface area (Å²) in [6.45, 7) is 4.14. The maximum atomic E-state index is 11.9. The summed E-state index contributed by atoms with van der Waals surface area (Å²) in [5, 5.41) is 0. The van der Waals surface area contributed by atoms with Gasteiger partial charge in [-0.25, -0.2) is 0 Å². The van der Waals surface area contributed by atoms with Gasteiger partial charge < -0.3 is 0 Å². The van der Waals surface area contributed by atoms with Gasteiger partial charge in [0.1, 0.15) is 0 Å². The van der Waals surface area contributed by atoms with Crippen molar-refractivity contribution in [2.24, 2.45) is 5.92 Å². The molecule has 1 aromatic rings. The lowest BCUT2D eigenvalue weighted by Crippen LogP contribution is -2.05. The number of carbonyl (C=O) groups excluding carboxylic acids is 1. The Morgan fingerprint density at radius 2 is 1.67 bits per heavy atom. The number of carbonyl (C=O) groups is 1. The number of benzene rings is 1. The average molecular weight is 540 g/mol. The van der Waals surface area contributed by atoms with Crippen LogP contribution in [0.1, 0.15) is 30.6 Å². The van der Waals surface area contributed by atoms with Gasteiger partial charge in [-0.15, -0.1) is 0 Å². The van der Waals surface area contributed by atoms with Crippen molar-refractivity contribution < 1.29 is 4.79 Å². The Morgan fingerprint density at radius 1 is 1.20 bits per heavy atom. The second-order valence-electron chi connectivity index (χ2n) is 3.78. The van der Waals surface area contributed by atoms with Crippen LogP contribution in [-0.4, -0.2) is 5.78 Å². The summed E-state index contributed by atoms with van der Waals surface area (Å²) in [6, 6.07) is 3.96. The molecule has 0 unspecified atom stereocenters. The zero-order valence-electron chi connectivity index (χ0n) is 8.48. The number of halogens is 3. The second kappa shape index (κ2) is 6.13. The van der Waals surface area contributed by atoms with E-state index in [9.17, 15) is 4.79 Å². The normalized spacial score (nSPS) is 10.8.